The highest BCUT2D eigenvalue weighted by atomic mass is 16.6. The summed E-state index contributed by atoms with van der Waals surface area (Å²) in [5.74, 6) is 3.96. The molecule has 2 heterocycles. The zero-order valence-corrected chi connectivity index (χ0v) is 28.1. The second kappa shape index (κ2) is 13.7. The van der Waals surface area contributed by atoms with Gasteiger partial charge < -0.3 is 19.3 Å². The molecule has 3 aliphatic carbocycles. The molecule has 47 heavy (non-hydrogen) atoms. The highest BCUT2D eigenvalue weighted by molar-refractivity contribution is 5.95. The quantitative estimate of drug-likeness (QED) is 0.242. The predicted octanol–water partition coefficient (Wildman–Crippen LogP) is 7.42. The van der Waals surface area contributed by atoms with Crippen molar-refractivity contribution in [1.29, 1.82) is 0 Å². The van der Waals surface area contributed by atoms with Crippen molar-refractivity contribution in [3.63, 3.8) is 0 Å². The van der Waals surface area contributed by atoms with E-state index in [-0.39, 0.29) is 24.0 Å². The molecular weight excluding hydrogens is 590 g/mol. The van der Waals surface area contributed by atoms with Gasteiger partial charge in [-0.2, -0.15) is 5.10 Å². The number of ether oxygens (including phenoxy) is 2. The lowest BCUT2D eigenvalue weighted by Crippen LogP contribution is -2.50. The Bertz CT molecular complexity index is 1560. The Kier molecular flexibility index (Phi) is 9.24. The number of benzene rings is 2. The smallest absolute Gasteiger partial charge is 0.410 e. The molecule has 3 aromatic rings. The maximum Gasteiger partial charge on any atom is 0.410 e. The molecule has 0 unspecified atom stereocenters. The number of nitrogens with zero attached hydrogens (tertiary/aromatic N) is 5. The van der Waals surface area contributed by atoms with Gasteiger partial charge in [-0.05, 0) is 124 Å². The lowest BCUT2D eigenvalue weighted by atomic mass is 9.78. The fourth-order valence-electron chi connectivity index (χ4n) is 7.86. The van der Waals surface area contributed by atoms with E-state index in [9.17, 15) is 9.59 Å². The maximum atomic E-state index is 14.4. The van der Waals surface area contributed by atoms with E-state index < -0.39 is 0 Å². The van der Waals surface area contributed by atoms with Crippen molar-refractivity contribution in [3.8, 4) is 11.4 Å². The summed E-state index contributed by atoms with van der Waals surface area (Å²) in [6, 6.07) is 14.8. The van der Waals surface area contributed by atoms with E-state index in [1.54, 1.807) is 18.3 Å². The van der Waals surface area contributed by atoms with E-state index >= 15 is 0 Å². The molecule has 7 rings (SSSR count). The molecule has 1 saturated heterocycles. The average molecular weight is 640 g/mol. The van der Waals surface area contributed by atoms with Gasteiger partial charge in [0.2, 0.25) is 5.91 Å². The monoisotopic (exact) mass is 639 g/mol. The zero-order valence-electron chi connectivity index (χ0n) is 28.1. The minimum atomic E-state index is -0.199. The molecule has 3 saturated carbocycles. The highest BCUT2D eigenvalue weighted by Gasteiger charge is 2.36. The van der Waals surface area contributed by atoms with Gasteiger partial charge in [0.25, 0.3) is 0 Å². The number of rotatable bonds is 9. The van der Waals surface area contributed by atoms with Crippen molar-refractivity contribution >= 4 is 17.7 Å². The molecule has 4 fully saturated rings. The number of methoxy groups -OCH3 is 1. The molecule has 0 atom stereocenters. The molecule has 1 aliphatic heterocycles. The van der Waals surface area contributed by atoms with E-state index in [0.717, 1.165) is 100 Å². The SMILES string of the molecule is COc1ccc(C2CCC(CN(C(=O)C3CCC(OC(=O)N4CC(C)C4)CC3)c3cccc(-n4cnc(C5CC5)n4)c3)CC2)cc1C. The molecule has 2 amide bonds. The molecule has 2 aromatic carbocycles. The van der Waals surface area contributed by atoms with Crippen LogP contribution in [0.5, 0.6) is 5.75 Å². The summed E-state index contributed by atoms with van der Waals surface area (Å²) in [5, 5.41) is 4.76. The summed E-state index contributed by atoms with van der Waals surface area (Å²) in [4.78, 5) is 35.3. The maximum absolute atomic E-state index is 14.4. The van der Waals surface area contributed by atoms with Crippen LogP contribution < -0.4 is 9.64 Å². The summed E-state index contributed by atoms with van der Waals surface area (Å²) < 4.78 is 13.2. The van der Waals surface area contributed by atoms with Gasteiger partial charge in [-0.1, -0.05) is 25.1 Å². The Hall–Kier alpha value is -3.88. The van der Waals surface area contributed by atoms with Gasteiger partial charge in [-0.25, -0.2) is 14.5 Å². The molecule has 9 nitrogen and oxygen atoms in total. The standard InChI is InChI=1S/C38H49N5O4/c1-25-21-41(22-25)38(45)47-34-16-13-30(14-17-34)37(44)42(32-5-4-6-33(20-32)43-24-39-36(40-43)29-11-12-29)23-27-7-9-28(10-8-27)31-15-18-35(46-3)26(2)19-31/h4-6,15,18-20,24-25,27-30,34H,7-14,16-17,21-23H2,1-3H3. The highest BCUT2D eigenvalue weighted by Crippen LogP contribution is 2.40. The fraction of sp³-hybridized carbons (Fsp3) is 0.579. The van der Waals surface area contributed by atoms with Gasteiger partial charge in [-0.3, -0.25) is 4.79 Å². The third-order valence-corrected chi connectivity index (χ3v) is 10.9. The van der Waals surface area contributed by atoms with Crippen molar-refractivity contribution in [2.75, 3.05) is 31.6 Å². The van der Waals surface area contributed by atoms with Crippen LogP contribution in [-0.4, -0.2) is 64.5 Å². The zero-order chi connectivity index (χ0) is 32.5. The van der Waals surface area contributed by atoms with Gasteiger partial charge in [-0.15, -0.1) is 0 Å². The largest absolute Gasteiger partial charge is 0.496 e. The third kappa shape index (κ3) is 7.19. The van der Waals surface area contributed by atoms with E-state index in [2.05, 4.69) is 54.1 Å². The number of aromatic nitrogens is 3. The van der Waals surface area contributed by atoms with Crippen molar-refractivity contribution in [2.45, 2.75) is 96.0 Å². The van der Waals surface area contributed by atoms with Crippen LogP contribution in [0.15, 0.2) is 48.8 Å². The Morgan fingerprint density at radius 3 is 2.34 bits per heavy atom. The first-order chi connectivity index (χ1) is 22.8. The third-order valence-electron chi connectivity index (χ3n) is 10.9. The Morgan fingerprint density at radius 2 is 1.66 bits per heavy atom. The fourth-order valence-corrected chi connectivity index (χ4v) is 7.86. The Morgan fingerprint density at radius 1 is 0.915 bits per heavy atom. The first kappa shape index (κ1) is 31.7. The minimum absolute atomic E-state index is 0.0795. The summed E-state index contributed by atoms with van der Waals surface area (Å²) in [6.45, 7) is 6.52. The first-order valence-corrected chi connectivity index (χ1v) is 17.8. The predicted molar refractivity (Wildman–Crippen MR) is 181 cm³/mol. The van der Waals surface area contributed by atoms with Gasteiger partial charge in [0.05, 0.1) is 12.8 Å². The minimum Gasteiger partial charge on any atom is -0.496 e. The van der Waals surface area contributed by atoms with Crippen LogP contribution in [0.3, 0.4) is 0 Å². The number of amides is 2. The van der Waals surface area contributed by atoms with Crippen LogP contribution >= 0.6 is 0 Å². The van der Waals surface area contributed by atoms with E-state index in [1.807, 2.05) is 16.8 Å². The van der Waals surface area contributed by atoms with Gasteiger partial charge >= 0.3 is 6.09 Å². The second-order valence-corrected chi connectivity index (χ2v) is 14.6. The molecule has 1 aromatic heterocycles. The first-order valence-electron chi connectivity index (χ1n) is 17.8. The van der Waals surface area contributed by atoms with Crippen LogP contribution in [0, 0.1) is 24.7 Å². The van der Waals surface area contributed by atoms with Crippen LogP contribution in [-0.2, 0) is 9.53 Å². The number of carbonyl (C=O) groups is 2. The molecular formula is C38H49N5O4. The normalized spacial score (nSPS) is 24.8. The van der Waals surface area contributed by atoms with Gasteiger partial charge in [0, 0.05) is 37.2 Å². The average Bonchev–Trinajstić information content (AvgIpc) is 3.81. The number of carbonyl (C=O) groups excluding carboxylic acids is 2. The molecule has 0 spiro atoms. The van der Waals surface area contributed by atoms with Crippen molar-refractivity contribution in [2.24, 2.45) is 17.8 Å². The van der Waals surface area contributed by atoms with Crippen LogP contribution in [0.25, 0.3) is 5.69 Å². The lowest BCUT2D eigenvalue weighted by molar-refractivity contribution is -0.124. The van der Waals surface area contributed by atoms with Crippen LogP contribution in [0.2, 0.25) is 0 Å². The molecule has 0 N–H and O–H groups in total. The number of likely N-dealkylation sites (tertiary alicyclic amines) is 1. The van der Waals surface area contributed by atoms with Crippen LogP contribution in [0.4, 0.5) is 10.5 Å². The Labute approximate surface area is 278 Å². The number of aryl methyl sites for hydroxylation is 1. The van der Waals surface area contributed by atoms with E-state index in [0.29, 0.717) is 30.2 Å². The molecule has 250 valence electrons. The molecule has 9 heteroatoms. The number of hydrogen-bond donors (Lipinski definition) is 0. The topological polar surface area (TPSA) is 89.8 Å². The molecule has 0 bridgehead atoms. The summed E-state index contributed by atoms with van der Waals surface area (Å²) in [5.41, 5.74) is 4.42. The van der Waals surface area contributed by atoms with Crippen molar-refractivity contribution < 1.29 is 19.1 Å². The van der Waals surface area contributed by atoms with Crippen molar-refractivity contribution in [1.82, 2.24) is 19.7 Å². The number of anilines is 1. The van der Waals surface area contributed by atoms with E-state index in [4.69, 9.17) is 14.6 Å². The van der Waals surface area contributed by atoms with Gasteiger partial charge in [0.1, 0.15) is 18.2 Å². The molecule has 4 aliphatic rings. The van der Waals surface area contributed by atoms with Crippen LogP contribution in [0.1, 0.15) is 99.9 Å². The second-order valence-electron chi connectivity index (χ2n) is 14.6. The molecule has 0 radical (unpaired) electrons. The lowest BCUT2D eigenvalue weighted by Gasteiger charge is -2.38. The summed E-state index contributed by atoms with van der Waals surface area (Å²) in [6.07, 6.45) is 11.2. The van der Waals surface area contributed by atoms with Gasteiger partial charge in [0.15, 0.2) is 5.82 Å². The van der Waals surface area contributed by atoms with Crippen molar-refractivity contribution in [3.05, 3.63) is 65.7 Å². The Balaban J connectivity index is 1.04. The number of hydrogen-bond acceptors (Lipinski definition) is 6. The summed E-state index contributed by atoms with van der Waals surface area (Å²) in [7, 11) is 1.72. The summed E-state index contributed by atoms with van der Waals surface area (Å²) >= 11 is 0. The van der Waals surface area contributed by atoms with E-state index in [1.165, 1.54) is 11.1 Å².